The normalized spacial score (nSPS) is 20.4. The van der Waals surface area contributed by atoms with Gasteiger partial charge in [-0.2, -0.15) is 0 Å². The molecule has 0 N–H and O–H groups in total. The summed E-state index contributed by atoms with van der Waals surface area (Å²) >= 11 is 0. The Kier molecular flexibility index (Phi) is 6.55. The van der Waals surface area contributed by atoms with E-state index in [0.717, 1.165) is 36.7 Å². The molecule has 0 saturated carbocycles. The van der Waals surface area contributed by atoms with Crippen molar-refractivity contribution < 1.29 is 4.79 Å². The molecule has 1 amide bonds. The van der Waals surface area contributed by atoms with Gasteiger partial charge in [0, 0.05) is 14.1 Å². The highest BCUT2D eigenvalue weighted by Gasteiger charge is 2.24. The fourth-order valence-corrected chi connectivity index (χ4v) is 2.74. The van der Waals surface area contributed by atoms with E-state index in [1.165, 1.54) is 18.4 Å². The monoisotopic (exact) mass is 277 g/mol. The number of carbonyl (C=O) groups is 1. The van der Waals surface area contributed by atoms with Crippen LogP contribution in [-0.4, -0.2) is 24.9 Å². The fraction of sp³-hybridized carbons (Fsp3) is 0.778. The van der Waals surface area contributed by atoms with Crippen LogP contribution < -0.4 is 0 Å². The molecule has 2 nitrogen and oxygen atoms in total. The van der Waals surface area contributed by atoms with Crippen LogP contribution in [0.15, 0.2) is 16.9 Å². The molecule has 0 heterocycles. The van der Waals surface area contributed by atoms with E-state index >= 15 is 0 Å². The third-order valence-electron chi connectivity index (χ3n) is 4.65. The van der Waals surface area contributed by atoms with Crippen molar-refractivity contribution in [2.45, 2.75) is 59.8 Å². The van der Waals surface area contributed by atoms with Crippen LogP contribution >= 0.6 is 0 Å². The first kappa shape index (κ1) is 17.0. The number of carbonyl (C=O) groups excluding carboxylic acids is 1. The second kappa shape index (κ2) is 7.69. The van der Waals surface area contributed by atoms with Gasteiger partial charge in [0.25, 0.3) is 0 Å². The minimum absolute atomic E-state index is 0.0586. The van der Waals surface area contributed by atoms with Gasteiger partial charge >= 0.3 is 0 Å². The van der Waals surface area contributed by atoms with Crippen LogP contribution in [0.4, 0.5) is 0 Å². The third kappa shape index (κ3) is 4.83. The van der Waals surface area contributed by atoms with Gasteiger partial charge < -0.3 is 4.90 Å². The van der Waals surface area contributed by atoms with Gasteiger partial charge in [-0.05, 0) is 55.6 Å². The second-order valence-electron chi connectivity index (χ2n) is 6.85. The Morgan fingerprint density at radius 3 is 2.50 bits per heavy atom. The molecule has 0 saturated heterocycles. The van der Waals surface area contributed by atoms with E-state index in [1.54, 1.807) is 4.90 Å². The van der Waals surface area contributed by atoms with Crippen molar-refractivity contribution in [1.29, 1.82) is 0 Å². The average Bonchev–Trinajstić information content (AvgIpc) is 2.37. The summed E-state index contributed by atoms with van der Waals surface area (Å²) < 4.78 is 0. The average molecular weight is 277 g/mol. The third-order valence-corrected chi connectivity index (χ3v) is 4.65. The van der Waals surface area contributed by atoms with Crippen LogP contribution in [0.2, 0.25) is 0 Å². The molecule has 0 aromatic carbocycles. The van der Waals surface area contributed by atoms with Crippen molar-refractivity contribution in [3.63, 3.8) is 0 Å². The van der Waals surface area contributed by atoms with E-state index in [2.05, 4.69) is 33.4 Å². The van der Waals surface area contributed by atoms with E-state index in [1.807, 2.05) is 14.1 Å². The first-order valence-corrected chi connectivity index (χ1v) is 7.99. The van der Waals surface area contributed by atoms with Gasteiger partial charge in [0.05, 0.1) is 5.92 Å². The van der Waals surface area contributed by atoms with Crippen molar-refractivity contribution >= 4 is 5.91 Å². The molecule has 1 unspecified atom stereocenters. The highest BCUT2D eigenvalue weighted by Crippen LogP contribution is 2.29. The zero-order valence-electron chi connectivity index (χ0n) is 14.1. The van der Waals surface area contributed by atoms with Crippen molar-refractivity contribution in [2.24, 2.45) is 17.8 Å². The highest BCUT2D eigenvalue weighted by molar-refractivity contribution is 5.81. The van der Waals surface area contributed by atoms with Crippen molar-refractivity contribution in [1.82, 2.24) is 4.90 Å². The van der Waals surface area contributed by atoms with Gasteiger partial charge in [0.1, 0.15) is 0 Å². The Labute approximate surface area is 124 Å². The predicted molar refractivity (Wildman–Crippen MR) is 85.5 cm³/mol. The summed E-state index contributed by atoms with van der Waals surface area (Å²) in [7, 11) is 3.67. The molecule has 0 spiro atoms. The number of rotatable bonds is 6. The summed E-state index contributed by atoms with van der Waals surface area (Å²) in [6.07, 6.45) is 5.70. The summed E-state index contributed by atoms with van der Waals surface area (Å²) in [4.78, 5) is 13.7. The van der Waals surface area contributed by atoms with Crippen LogP contribution in [0.1, 0.15) is 59.8 Å². The topological polar surface area (TPSA) is 20.3 Å². The maximum absolute atomic E-state index is 12.0. The fourth-order valence-electron chi connectivity index (χ4n) is 2.74. The lowest BCUT2D eigenvalue weighted by Crippen LogP contribution is -2.31. The molecule has 20 heavy (non-hydrogen) atoms. The lowest BCUT2D eigenvalue weighted by atomic mass is 9.85. The van der Waals surface area contributed by atoms with Gasteiger partial charge in [-0.1, -0.05) is 27.2 Å². The van der Waals surface area contributed by atoms with Gasteiger partial charge in [0.2, 0.25) is 5.91 Å². The number of hydrogen-bond acceptors (Lipinski definition) is 1. The lowest BCUT2D eigenvalue weighted by Gasteiger charge is -2.24. The first-order chi connectivity index (χ1) is 9.32. The minimum Gasteiger partial charge on any atom is -0.348 e. The van der Waals surface area contributed by atoms with E-state index in [0.29, 0.717) is 0 Å². The molecule has 1 aliphatic carbocycles. The van der Waals surface area contributed by atoms with Crippen molar-refractivity contribution in [3.8, 4) is 0 Å². The Hall–Kier alpha value is -1.01. The van der Waals surface area contributed by atoms with Gasteiger partial charge in [-0.15, -0.1) is 5.73 Å². The van der Waals surface area contributed by atoms with Gasteiger partial charge in [-0.25, -0.2) is 0 Å². The number of hydrogen-bond donors (Lipinski definition) is 0. The van der Waals surface area contributed by atoms with E-state index in [9.17, 15) is 4.79 Å². The van der Waals surface area contributed by atoms with Crippen LogP contribution in [-0.2, 0) is 4.79 Å². The van der Waals surface area contributed by atoms with E-state index in [4.69, 9.17) is 0 Å². The Balaban J connectivity index is 2.56. The molecule has 2 heteroatoms. The maximum atomic E-state index is 12.0. The largest absolute Gasteiger partial charge is 0.348 e. The molecular weight excluding hydrogens is 246 g/mol. The van der Waals surface area contributed by atoms with Crippen molar-refractivity contribution in [2.75, 3.05) is 14.1 Å². The highest BCUT2D eigenvalue weighted by atomic mass is 16.2. The Morgan fingerprint density at radius 1 is 1.35 bits per heavy atom. The summed E-state index contributed by atoms with van der Waals surface area (Å²) in [5.74, 6) is 1.85. The van der Waals surface area contributed by atoms with Gasteiger partial charge in [-0.3, -0.25) is 4.79 Å². The summed E-state index contributed by atoms with van der Waals surface area (Å²) in [6.45, 7) is 8.99. The van der Waals surface area contributed by atoms with Crippen LogP contribution in [0.25, 0.3) is 0 Å². The van der Waals surface area contributed by atoms with Crippen molar-refractivity contribution in [3.05, 3.63) is 16.9 Å². The molecule has 0 aromatic rings. The van der Waals surface area contributed by atoms with E-state index in [-0.39, 0.29) is 11.8 Å². The molecule has 0 aliphatic heterocycles. The van der Waals surface area contributed by atoms with Gasteiger partial charge in [0.15, 0.2) is 0 Å². The first-order valence-electron chi connectivity index (χ1n) is 7.99. The molecule has 2 atom stereocenters. The molecule has 0 radical (unpaired) electrons. The molecule has 1 rings (SSSR count). The predicted octanol–water partition coefficient (Wildman–Crippen LogP) is 4.42. The van der Waals surface area contributed by atoms with Crippen LogP contribution in [0, 0.1) is 17.8 Å². The zero-order valence-corrected chi connectivity index (χ0v) is 14.1. The zero-order chi connectivity index (χ0) is 15.3. The summed E-state index contributed by atoms with van der Waals surface area (Å²) in [5, 5.41) is 0. The summed E-state index contributed by atoms with van der Waals surface area (Å²) in [6, 6.07) is 0. The standard InChI is InChI=1S/C18H31NO/c1-13(2)14(3)8-7-9-16-10-11-17(15(4)12-16)18(20)19(5)6/h13-14,17H,7-11H2,1-6H3/t14-,17?/m0/s1. The van der Waals surface area contributed by atoms with Crippen LogP contribution in [0.3, 0.4) is 0 Å². The molecule has 0 bridgehead atoms. The molecule has 1 aliphatic rings. The molecule has 0 aromatic heterocycles. The number of nitrogens with zero attached hydrogens (tertiary/aromatic N) is 1. The second-order valence-corrected chi connectivity index (χ2v) is 6.85. The van der Waals surface area contributed by atoms with Crippen LogP contribution in [0.5, 0.6) is 0 Å². The quantitative estimate of drug-likeness (QED) is 0.658. The smallest absolute Gasteiger partial charge is 0.229 e. The minimum atomic E-state index is 0.0586. The molecule has 0 fully saturated rings. The Morgan fingerprint density at radius 2 is 2.00 bits per heavy atom. The number of amides is 1. The maximum Gasteiger partial charge on any atom is 0.229 e. The Bertz CT molecular complexity index is 400. The SMILES string of the molecule is CC1=C=C(CCC[C@H](C)C(C)C)CCC1C(=O)N(C)C. The molecule has 114 valence electrons. The lowest BCUT2D eigenvalue weighted by molar-refractivity contribution is -0.131. The molecular formula is C18H31NO. The summed E-state index contributed by atoms with van der Waals surface area (Å²) in [5.41, 5.74) is 6.04. The van der Waals surface area contributed by atoms with E-state index < -0.39 is 0 Å².